The van der Waals surface area contributed by atoms with Gasteiger partial charge in [0, 0.05) is 38.3 Å². The van der Waals surface area contributed by atoms with Gasteiger partial charge in [-0.1, -0.05) is 24.3 Å². The van der Waals surface area contributed by atoms with Crippen molar-refractivity contribution in [2.24, 2.45) is 7.05 Å². The van der Waals surface area contributed by atoms with Crippen molar-refractivity contribution >= 4 is 15.7 Å². The first-order valence-corrected chi connectivity index (χ1v) is 10.5. The van der Waals surface area contributed by atoms with Crippen LogP contribution < -0.4 is 5.32 Å². The van der Waals surface area contributed by atoms with Crippen LogP contribution in [-0.4, -0.2) is 41.4 Å². The van der Waals surface area contributed by atoms with Gasteiger partial charge in [0.25, 0.3) is 10.0 Å². The Morgan fingerprint density at radius 3 is 2.45 bits per heavy atom. The van der Waals surface area contributed by atoms with Crippen molar-refractivity contribution in [1.82, 2.24) is 13.9 Å². The molecule has 29 heavy (non-hydrogen) atoms. The van der Waals surface area contributed by atoms with Crippen LogP contribution >= 0.6 is 0 Å². The van der Waals surface area contributed by atoms with Crippen LogP contribution in [0, 0.1) is 11.6 Å². The van der Waals surface area contributed by atoms with Crippen LogP contribution in [0.1, 0.15) is 11.5 Å². The van der Waals surface area contributed by atoms with E-state index < -0.39 is 21.9 Å². The molecule has 0 aliphatic carbocycles. The Morgan fingerprint density at radius 2 is 1.79 bits per heavy atom. The molecule has 2 aromatic carbocycles. The molecule has 1 aliphatic heterocycles. The molecule has 1 aromatic heterocycles. The summed E-state index contributed by atoms with van der Waals surface area (Å²) in [6.45, 7) is 0.311. The Balaban J connectivity index is 1.67. The zero-order valence-corrected chi connectivity index (χ0v) is 16.5. The first kappa shape index (κ1) is 19.5. The third-order valence-corrected chi connectivity index (χ3v) is 6.80. The molecular weight excluding hydrogens is 398 g/mol. The summed E-state index contributed by atoms with van der Waals surface area (Å²) in [5, 5.41) is 3.09. The fraction of sp³-hybridized carbons (Fsp3) is 0.250. The van der Waals surface area contributed by atoms with E-state index in [2.05, 4.69) is 10.3 Å². The summed E-state index contributed by atoms with van der Waals surface area (Å²) in [6, 6.07) is 11.8. The number of aryl methyl sites for hydroxylation is 1. The molecular formula is C20H20F2N4O2S. The maximum absolute atomic E-state index is 14.2. The normalized spacial score (nSPS) is 20.1. The van der Waals surface area contributed by atoms with Gasteiger partial charge in [-0.3, -0.25) is 0 Å². The molecule has 0 saturated carbocycles. The smallest absolute Gasteiger partial charge is 0.262 e. The molecule has 0 amide bonds. The highest BCUT2D eigenvalue weighted by atomic mass is 32.2. The number of nitrogens with zero attached hydrogens (tertiary/aromatic N) is 3. The van der Waals surface area contributed by atoms with Crippen LogP contribution in [0.15, 0.2) is 66.1 Å². The van der Waals surface area contributed by atoms with Crippen molar-refractivity contribution in [2.75, 3.05) is 18.4 Å². The molecule has 1 fully saturated rings. The zero-order chi connectivity index (χ0) is 20.6. The number of nitrogens with one attached hydrogen (secondary N) is 1. The molecule has 4 rings (SSSR count). The number of rotatable bonds is 5. The Labute approximate surface area is 167 Å². The van der Waals surface area contributed by atoms with Crippen molar-refractivity contribution in [1.29, 1.82) is 0 Å². The zero-order valence-electron chi connectivity index (χ0n) is 15.7. The second-order valence-corrected chi connectivity index (χ2v) is 8.97. The highest BCUT2D eigenvalue weighted by molar-refractivity contribution is 7.89. The van der Waals surface area contributed by atoms with E-state index in [1.54, 1.807) is 41.9 Å². The van der Waals surface area contributed by atoms with Crippen LogP contribution in [0.3, 0.4) is 0 Å². The van der Waals surface area contributed by atoms with Crippen LogP contribution in [0.5, 0.6) is 0 Å². The van der Waals surface area contributed by atoms with Gasteiger partial charge in [0.15, 0.2) is 5.03 Å². The summed E-state index contributed by atoms with van der Waals surface area (Å²) in [4.78, 5) is 3.97. The second kappa shape index (κ2) is 7.57. The van der Waals surface area contributed by atoms with Gasteiger partial charge in [0.1, 0.15) is 11.6 Å². The monoisotopic (exact) mass is 418 g/mol. The van der Waals surface area contributed by atoms with Crippen molar-refractivity contribution < 1.29 is 17.2 Å². The van der Waals surface area contributed by atoms with E-state index in [1.165, 1.54) is 35.0 Å². The van der Waals surface area contributed by atoms with Crippen molar-refractivity contribution in [3.8, 4) is 0 Å². The fourth-order valence-corrected chi connectivity index (χ4v) is 5.05. The number of hydrogen-bond donors (Lipinski definition) is 1. The average molecular weight is 418 g/mol. The summed E-state index contributed by atoms with van der Waals surface area (Å²) < 4.78 is 56.5. The van der Waals surface area contributed by atoms with Gasteiger partial charge in [-0.2, -0.15) is 4.31 Å². The van der Waals surface area contributed by atoms with E-state index in [0.717, 1.165) is 5.56 Å². The lowest BCUT2D eigenvalue weighted by Gasteiger charge is -2.21. The number of anilines is 1. The van der Waals surface area contributed by atoms with Crippen LogP contribution in [0.4, 0.5) is 14.5 Å². The van der Waals surface area contributed by atoms with E-state index in [1.807, 2.05) is 0 Å². The predicted octanol–water partition coefficient (Wildman–Crippen LogP) is 2.97. The molecule has 1 aliphatic rings. The van der Waals surface area contributed by atoms with Gasteiger partial charge in [-0.05, 0) is 29.8 Å². The van der Waals surface area contributed by atoms with Crippen LogP contribution in [-0.2, 0) is 17.1 Å². The summed E-state index contributed by atoms with van der Waals surface area (Å²) >= 11 is 0. The Kier molecular flexibility index (Phi) is 5.10. The van der Waals surface area contributed by atoms with Gasteiger partial charge in [-0.15, -0.1) is 0 Å². The van der Waals surface area contributed by atoms with E-state index >= 15 is 0 Å². The highest BCUT2D eigenvalue weighted by Gasteiger charge is 2.41. The van der Waals surface area contributed by atoms with E-state index in [-0.39, 0.29) is 29.9 Å². The predicted molar refractivity (Wildman–Crippen MR) is 105 cm³/mol. The Hall–Kier alpha value is -2.78. The maximum atomic E-state index is 14.2. The van der Waals surface area contributed by atoms with Crippen molar-refractivity contribution in [3.63, 3.8) is 0 Å². The lowest BCUT2D eigenvalue weighted by molar-refractivity contribution is 0.468. The molecule has 152 valence electrons. The number of aromatic nitrogens is 2. The van der Waals surface area contributed by atoms with Gasteiger partial charge >= 0.3 is 0 Å². The Morgan fingerprint density at radius 1 is 1.07 bits per heavy atom. The number of imidazole rings is 1. The molecule has 2 unspecified atom stereocenters. The first-order chi connectivity index (χ1) is 13.8. The average Bonchev–Trinajstić information content (AvgIpc) is 3.32. The highest BCUT2D eigenvalue weighted by Crippen LogP contribution is 2.33. The second-order valence-electron chi connectivity index (χ2n) is 7.09. The van der Waals surface area contributed by atoms with Gasteiger partial charge in [-0.25, -0.2) is 22.2 Å². The summed E-state index contributed by atoms with van der Waals surface area (Å²) in [5.41, 5.74) is 1.07. The molecule has 0 bridgehead atoms. The van der Waals surface area contributed by atoms with Crippen LogP contribution in [0.2, 0.25) is 0 Å². The molecule has 0 spiro atoms. The molecule has 9 heteroatoms. The summed E-state index contributed by atoms with van der Waals surface area (Å²) in [6.07, 6.45) is 2.87. The largest absolute Gasteiger partial charge is 0.378 e. The lowest BCUT2D eigenvalue weighted by Crippen LogP contribution is -2.32. The van der Waals surface area contributed by atoms with Gasteiger partial charge in [0.2, 0.25) is 0 Å². The summed E-state index contributed by atoms with van der Waals surface area (Å²) in [5.74, 6) is -1.08. The standard InChI is InChI=1S/C20H20F2N4O2S/c1-25-12-20(23-13-25)29(27,28)26-10-16(14-6-8-15(21)9-7-14)19(11-26)24-18-5-3-2-4-17(18)22/h2-9,12-13,16,19,24H,10-11H2,1H3. The third-order valence-electron chi connectivity index (χ3n) is 5.08. The van der Waals surface area contributed by atoms with Gasteiger partial charge < -0.3 is 9.88 Å². The quantitative estimate of drug-likeness (QED) is 0.692. The first-order valence-electron chi connectivity index (χ1n) is 9.09. The topological polar surface area (TPSA) is 67.2 Å². The maximum Gasteiger partial charge on any atom is 0.262 e. The third kappa shape index (κ3) is 3.88. The molecule has 6 nitrogen and oxygen atoms in total. The van der Waals surface area contributed by atoms with Gasteiger partial charge in [0.05, 0.1) is 12.0 Å². The number of para-hydroxylation sites is 1. The molecule has 1 N–H and O–H groups in total. The number of benzene rings is 2. The summed E-state index contributed by atoms with van der Waals surface area (Å²) in [7, 11) is -2.11. The van der Waals surface area contributed by atoms with Crippen molar-refractivity contribution in [3.05, 3.63) is 78.3 Å². The van der Waals surface area contributed by atoms with E-state index in [0.29, 0.717) is 5.69 Å². The SMILES string of the molecule is Cn1cnc(S(=O)(=O)N2CC(Nc3ccccc3F)C(c3ccc(F)cc3)C2)c1. The van der Waals surface area contributed by atoms with E-state index in [4.69, 9.17) is 0 Å². The van der Waals surface area contributed by atoms with Crippen LogP contribution in [0.25, 0.3) is 0 Å². The molecule has 3 aromatic rings. The molecule has 2 atom stereocenters. The fourth-order valence-electron chi connectivity index (χ4n) is 3.59. The minimum atomic E-state index is -3.81. The molecule has 0 radical (unpaired) electrons. The number of sulfonamides is 1. The lowest BCUT2D eigenvalue weighted by atomic mass is 9.94. The minimum Gasteiger partial charge on any atom is -0.378 e. The minimum absolute atomic E-state index is 0.0376. The molecule has 2 heterocycles. The number of halogens is 2. The van der Waals surface area contributed by atoms with E-state index in [9.17, 15) is 17.2 Å². The van der Waals surface area contributed by atoms with Crippen molar-refractivity contribution in [2.45, 2.75) is 17.0 Å². The number of hydrogen-bond acceptors (Lipinski definition) is 4. The Bertz CT molecular complexity index is 1120. The molecule has 1 saturated heterocycles.